The first-order valence-corrected chi connectivity index (χ1v) is 9.96. The third-order valence-electron chi connectivity index (χ3n) is 6.22. The minimum atomic E-state index is -0.535. The maximum Gasteiger partial charge on any atom is 0.237 e. The van der Waals surface area contributed by atoms with Crippen LogP contribution in [0.4, 0.5) is 5.69 Å². The zero-order chi connectivity index (χ0) is 18.1. The second-order valence-electron chi connectivity index (χ2n) is 7.73. The predicted molar refractivity (Wildman–Crippen MR) is 103 cm³/mol. The maximum absolute atomic E-state index is 13.3. The van der Waals surface area contributed by atoms with E-state index >= 15 is 0 Å². The minimum Gasteiger partial charge on any atom is -0.342 e. The molecule has 134 valence electrons. The molecule has 5 nitrogen and oxygen atoms in total. The number of halogens is 1. The highest BCUT2D eigenvalue weighted by molar-refractivity contribution is 9.10. The van der Waals surface area contributed by atoms with Crippen molar-refractivity contribution in [2.75, 3.05) is 25.0 Å². The third-order valence-corrected chi connectivity index (χ3v) is 6.71. The van der Waals surface area contributed by atoms with Crippen LogP contribution in [0.25, 0.3) is 10.9 Å². The van der Waals surface area contributed by atoms with Crippen molar-refractivity contribution in [2.24, 2.45) is 5.92 Å². The van der Waals surface area contributed by atoms with Gasteiger partial charge >= 0.3 is 0 Å². The number of amides is 2. The molecule has 26 heavy (non-hydrogen) atoms. The van der Waals surface area contributed by atoms with Gasteiger partial charge in [-0.3, -0.25) is 14.6 Å². The summed E-state index contributed by atoms with van der Waals surface area (Å²) >= 11 is 3.56. The fourth-order valence-electron chi connectivity index (χ4n) is 4.61. The van der Waals surface area contributed by atoms with Gasteiger partial charge in [0, 0.05) is 41.5 Å². The van der Waals surface area contributed by atoms with Crippen LogP contribution in [-0.2, 0) is 15.0 Å². The van der Waals surface area contributed by atoms with Gasteiger partial charge in [-0.1, -0.05) is 15.9 Å². The lowest BCUT2D eigenvalue weighted by molar-refractivity contribution is -0.136. The Bertz CT molecular complexity index is 945. The van der Waals surface area contributed by atoms with Gasteiger partial charge in [0.25, 0.3) is 0 Å². The molecule has 1 spiro atoms. The highest BCUT2D eigenvalue weighted by atomic mass is 79.9. The number of likely N-dealkylation sites (tertiary alicyclic amines) is 1. The van der Waals surface area contributed by atoms with Crippen LogP contribution in [0.5, 0.6) is 0 Å². The topological polar surface area (TPSA) is 53.5 Å². The highest BCUT2D eigenvalue weighted by Crippen LogP contribution is 2.50. The monoisotopic (exact) mass is 413 g/mol. The molecule has 0 radical (unpaired) electrons. The largest absolute Gasteiger partial charge is 0.342 e. The van der Waals surface area contributed by atoms with E-state index in [4.69, 9.17) is 0 Å². The van der Waals surface area contributed by atoms with Crippen molar-refractivity contribution in [3.8, 4) is 0 Å². The maximum atomic E-state index is 13.3. The zero-order valence-electron chi connectivity index (χ0n) is 14.7. The second-order valence-corrected chi connectivity index (χ2v) is 8.64. The Labute approximate surface area is 160 Å². The molecule has 5 rings (SSSR count). The summed E-state index contributed by atoms with van der Waals surface area (Å²) in [7, 11) is 1.84. The molecule has 1 aromatic heterocycles. The van der Waals surface area contributed by atoms with E-state index in [0.717, 1.165) is 39.5 Å². The Morgan fingerprint density at radius 2 is 2.00 bits per heavy atom. The molecule has 2 aliphatic heterocycles. The molecule has 3 aliphatic rings. The van der Waals surface area contributed by atoms with Crippen LogP contribution in [0.2, 0.25) is 0 Å². The van der Waals surface area contributed by atoms with Gasteiger partial charge in [0.1, 0.15) is 0 Å². The van der Waals surface area contributed by atoms with Gasteiger partial charge in [-0.15, -0.1) is 0 Å². The number of piperidine rings is 1. The lowest BCUT2D eigenvalue weighted by Crippen LogP contribution is -2.50. The first kappa shape index (κ1) is 16.2. The highest BCUT2D eigenvalue weighted by Gasteiger charge is 2.53. The van der Waals surface area contributed by atoms with Gasteiger partial charge in [-0.25, -0.2) is 0 Å². The molecule has 0 unspecified atom stereocenters. The molecule has 1 aromatic carbocycles. The van der Waals surface area contributed by atoms with E-state index in [1.165, 1.54) is 0 Å². The van der Waals surface area contributed by atoms with Crippen molar-refractivity contribution < 1.29 is 9.59 Å². The summed E-state index contributed by atoms with van der Waals surface area (Å²) in [6, 6.07) is 6.03. The number of carbonyl (C=O) groups is 2. The van der Waals surface area contributed by atoms with Crippen molar-refractivity contribution in [1.82, 2.24) is 9.88 Å². The number of hydrogen-bond donors (Lipinski definition) is 0. The van der Waals surface area contributed by atoms with Crippen LogP contribution in [0.15, 0.2) is 28.9 Å². The van der Waals surface area contributed by atoms with Gasteiger partial charge < -0.3 is 9.80 Å². The fourth-order valence-corrected chi connectivity index (χ4v) is 4.97. The van der Waals surface area contributed by atoms with Crippen molar-refractivity contribution >= 4 is 44.3 Å². The molecule has 0 N–H and O–H groups in total. The molecule has 6 heteroatoms. The Kier molecular flexibility index (Phi) is 3.45. The summed E-state index contributed by atoms with van der Waals surface area (Å²) in [4.78, 5) is 34.0. The average molecular weight is 414 g/mol. The number of pyridine rings is 1. The number of anilines is 1. The van der Waals surface area contributed by atoms with Crippen molar-refractivity contribution in [1.29, 1.82) is 0 Å². The van der Waals surface area contributed by atoms with E-state index in [0.29, 0.717) is 25.9 Å². The van der Waals surface area contributed by atoms with Crippen molar-refractivity contribution in [3.63, 3.8) is 0 Å². The van der Waals surface area contributed by atoms with Crippen LogP contribution in [0, 0.1) is 5.92 Å². The summed E-state index contributed by atoms with van der Waals surface area (Å²) in [6.45, 7) is 1.32. The third kappa shape index (κ3) is 2.17. The van der Waals surface area contributed by atoms with Gasteiger partial charge in [0.2, 0.25) is 11.8 Å². The van der Waals surface area contributed by atoms with E-state index in [2.05, 4.69) is 27.0 Å². The quantitative estimate of drug-likeness (QED) is 0.720. The number of nitrogens with zero attached hydrogens (tertiary/aromatic N) is 3. The van der Waals surface area contributed by atoms with Crippen LogP contribution < -0.4 is 4.90 Å². The standard InChI is InChI=1S/C20H20BrN3O2/c1-23-16-11-22-15-5-4-13(21)10-14(15)17(16)20(19(23)26)6-8-24(9-7-20)18(25)12-2-3-12/h4-5,10-12H,2-3,6-9H2,1H3. The number of hydrogen-bond acceptors (Lipinski definition) is 3. The number of fused-ring (bicyclic) bond motifs is 4. The molecular weight excluding hydrogens is 394 g/mol. The molecule has 2 fully saturated rings. The first-order valence-electron chi connectivity index (χ1n) is 9.17. The smallest absolute Gasteiger partial charge is 0.237 e. The first-order chi connectivity index (χ1) is 12.5. The van der Waals surface area contributed by atoms with Gasteiger partial charge in [-0.05, 0) is 43.9 Å². The lowest BCUT2D eigenvalue weighted by atomic mass is 9.72. The molecule has 3 heterocycles. The van der Waals surface area contributed by atoms with Crippen LogP contribution in [0.3, 0.4) is 0 Å². The second kappa shape index (κ2) is 5.52. The van der Waals surface area contributed by atoms with Crippen LogP contribution >= 0.6 is 15.9 Å². The Morgan fingerprint density at radius 3 is 2.69 bits per heavy atom. The van der Waals surface area contributed by atoms with E-state index in [1.54, 1.807) is 4.90 Å². The Hall–Kier alpha value is -1.95. The van der Waals surface area contributed by atoms with E-state index in [9.17, 15) is 9.59 Å². The number of likely N-dealkylation sites (N-methyl/N-ethyl adjacent to an activating group) is 1. The average Bonchev–Trinajstić information content (AvgIpc) is 3.48. The summed E-state index contributed by atoms with van der Waals surface area (Å²) < 4.78 is 0.985. The summed E-state index contributed by atoms with van der Waals surface area (Å²) in [6.07, 6.45) is 5.24. The Balaban J connectivity index is 1.60. The van der Waals surface area contributed by atoms with Crippen LogP contribution in [-0.4, -0.2) is 41.8 Å². The minimum absolute atomic E-state index is 0.139. The lowest BCUT2D eigenvalue weighted by Gasteiger charge is -2.38. The molecule has 0 bridgehead atoms. The fraction of sp³-hybridized carbons (Fsp3) is 0.450. The number of rotatable bonds is 1. The number of aromatic nitrogens is 1. The summed E-state index contributed by atoms with van der Waals surface area (Å²) in [5, 5.41) is 1.04. The van der Waals surface area contributed by atoms with Gasteiger partial charge in [0.15, 0.2) is 0 Å². The molecule has 2 aromatic rings. The molecule has 1 aliphatic carbocycles. The van der Waals surface area contributed by atoms with Gasteiger partial charge in [-0.2, -0.15) is 0 Å². The van der Waals surface area contributed by atoms with Gasteiger partial charge in [0.05, 0.1) is 22.8 Å². The van der Waals surface area contributed by atoms with Crippen LogP contribution in [0.1, 0.15) is 31.2 Å². The number of benzene rings is 1. The zero-order valence-corrected chi connectivity index (χ0v) is 16.3. The van der Waals surface area contributed by atoms with E-state index < -0.39 is 5.41 Å². The normalized spacial score (nSPS) is 21.5. The molecule has 1 saturated carbocycles. The summed E-state index contributed by atoms with van der Waals surface area (Å²) in [5.74, 6) is 0.653. The molecule has 1 saturated heterocycles. The van der Waals surface area contributed by atoms with Crippen molar-refractivity contribution in [2.45, 2.75) is 31.1 Å². The molecular formula is C20H20BrN3O2. The number of carbonyl (C=O) groups excluding carboxylic acids is 2. The van der Waals surface area contributed by atoms with E-state index in [1.807, 2.05) is 30.3 Å². The predicted octanol–water partition coefficient (Wildman–Crippen LogP) is 3.24. The summed E-state index contributed by atoms with van der Waals surface area (Å²) in [5.41, 5.74) is 2.37. The molecule has 2 amide bonds. The van der Waals surface area contributed by atoms with Crippen molar-refractivity contribution in [3.05, 3.63) is 34.4 Å². The Morgan fingerprint density at radius 1 is 1.27 bits per heavy atom. The molecule has 0 atom stereocenters. The van der Waals surface area contributed by atoms with E-state index in [-0.39, 0.29) is 17.7 Å². The SMILES string of the molecule is CN1C(=O)C2(CCN(C(=O)C3CC3)CC2)c2c1cnc1ccc(Br)cc21.